The summed E-state index contributed by atoms with van der Waals surface area (Å²) in [5.41, 5.74) is 1.40. The predicted molar refractivity (Wildman–Crippen MR) is 92.3 cm³/mol. The summed E-state index contributed by atoms with van der Waals surface area (Å²) in [6, 6.07) is 9.68. The average Bonchev–Trinajstić information content (AvgIpc) is 3.14. The Hall–Kier alpha value is -2.47. The van der Waals surface area contributed by atoms with Crippen molar-refractivity contribution >= 4 is 17.5 Å². The number of benzene rings is 1. The molecule has 1 fully saturated rings. The van der Waals surface area contributed by atoms with Crippen LogP contribution in [-0.4, -0.2) is 46.6 Å². The molecule has 126 valence electrons. The summed E-state index contributed by atoms with van der Waals surface area (Å²) in [6.45, 7) is 4.03. The van der Waals surface area contributed by atoms with Crippen LogP contribution < -0.4 is 5.32 Å². The first kappa shape index (κ1) is 16.4. The number of anilines is 2. The van der Waals surface area contributed by atoms with Crippen molar-refractivity contribution in [3.63, 3.8) is 0 Å². The Labute approximate surface area is 141 Å². The molecule has 1 N–H and O–H groups in total. The molecule has 0 aliphatic carbocycles. The molecular formula is C18H22N4O2. The average molecular weight is 326 g/mol. The van der Waals surface area contributed by atoms with Crippen molar-refractivity contribution in [2.45, 2.75) is 25.9 Å². The number of aromatic nitrogens is 2. The summed E-state index contributed by atoms with van der Waals surface area (Å²) in [6.07, 6.45) is 5.37. The van der Waals surface area contributed by atoms with E-state index < -0.39 is 0 Å². The molecule has 6 nitrogen and oxygen atoms in total. The molecule has 2 heterocycles. The number of amides is 1. The molecule has 1 aliphatic heterocycles. The van der Waals surface area contributed by atoms with Crippen LogP contribution in [0.5, 0.6) is 0 Å². The van der Waals surface area contributed by atoms with Crippen LogP contribution in [0, 0.1) is 0 Å². The molecule has 0 spiro atoms. The normalized spacial score (nSPS) is 16.8. The van der Waals surface area contributed by atoms with Crippen molar-refractivity contribution in [2.24, 2.45) is 0 Å². The molecule has 1 aromatic carbocycles. The molecule has 6 heteroatoms. The third-order valence-corrected chi connectivity index (χ3v) is 4.05. The van der Waals surface area contributed by atoms with Crippen molar-refractivity contribution in [3.05, 3.63) is 48.3 Å². The summed E-state index contributed by atoms with van der Waals surface area (Å²) in [5, 5.41) is 3.10. The maximum absolute atomic E-state index is 12.6. The number of carbonyl (C=O) groups excluding carboxylic acids is 1. The summed E-state index contributed by atoms with van der Waals surface area (Å²) < 4.78 is 5.62. The number of para-hydroxylation sites is 1. The summed E-state index contributed by atoms with van der Waals surface area (Å²) in [5.74, 6) is 0.416. The van der Waals surface area contributed by atoms with Crippen molar-refractivity contribution in [1.29, 1.82) is 0 Å². The Morgan fingerprint density at radius 1 is 1.29 bits per heavy atom. The second kappa shape index (κ2) is 7.88. The molecule has 2 aromatic rings. The minimum atomic E-state index is -0.0562. The molecule has 0 saturated carbocycles. The van der Waals surface area contributed by atoms with Crippen LogP contribution in [0.25, 0.3) is 0 Å². The monoisotopic (exact) mass is 326 g/mol. The fourth-order valence-corrected chi connectivity index (χ4v) is 2.73. The van der Waals surface area contributed by atoms with Gasteiger partial charge in [0.2, 0.25) is 5.95 Å². The van der Waals surface area contributed by atoms with Gasteiger partial charge in [-0.25, -0.2) is 9.97 Å². The number of ether oxygens (including phenoxy) is 1. The maximum atomic E-state index is 12.6. The van der Waals surface area contributed by atoms with Crippen LogP contribution in [0.2, 0.25) is 0 Å². The van der Waals surface area contributed by atoms with Gasteiger partial charge < -0.3 is 15.0 Å². The molecule has 24 heavy (non-hydrogen) atoms. The van der Waals surface area contributed by atoms with Crippen LogP contribution in [0.3, 0.4) is 0 Å². The largest absolute Gasteiger partial charge is 0.376 e. The van der Waals surface area contributed by atoms with Gasteiger partial charge in [-0.2, -0.15) is 0 Å². The SMILES string of the molecule is CCN(C[C@@H]1CCCO1)C(=O)c1cnc(Nc2ccccc2)nc1. The predicted octanol–water partition coefficient (Wildman–Crippen LogP) is 2.86. The van der Waals surface area contributed by atoms with Crippen LogP contribution in [0.15, 0.2) is 42.7 Å². The van der Waals surface area contributed by atoms with Crippen LogP contribution in [-0.2, 0) is 4.74 Å². The molecular weight excluding hydrogens is 304 g/mol. The van der Waals surface area contributed by atoms with Crippen molar-refractivity contribution in [3.8, 4) is 0 Å². The zero-order valence-corrected chi connectivity index (χ0v) is 13.8. The van der Waals surface area contributed by atoms with Gasteiger partial charge in [0.1, 0.15) is 0 Å². The Morgan fingerprint density at radius 3 is 2.67 bits per heavy atom. The minimum Gasteiger partial charge on any atom is -0.376 e. The van der Waals surface area contributed by atoms with E-state index in [-0.39, 0.29) is 12.0 Å². The Morgan fingerprint density at radius 2 is 2.04 bits per heavy atom. The lowest BCUT2D eigenvalue weighted by Crippen LogP contribution is -2.37. The second-order valence-electron chi connectivity index (χ2n) is 5.77. The van der Waals surface area contributed by atoms with E-state index in [1.165, 1.54) is 0 Å². The molecule has 3 rings (SSSR count). The quantitative estimate of drug-likeness (QED) is 0.884. The third kappa shape index (κ3) is 4.08. The highest BCUT2D eigenvalue weighted by Crippen LogP contribution is 2.15. The van der Waals surface area contributed by atoms with Gasteiger partial charge in [0.25, 0.3) is 5.91 Å². The van der Waals surface area contributed by atoms with E-state index in [9.17, 15) is 4.79 Å². The van der Waals surface area contributed by atoms with E-state index in [1.807, 2.05) is 37.3 Å². The summed E-state index contributed by atoms with van der Waals surface area (Å²) >= 11 is 0. The van der Waals surface area contributed by atoms with Crippen LogP contribution in [0.4, 0.5) is 11.6 Å². The Bertz CT molecular complexity index is 654. The molecule has 1 saturated heterocycles. The number of nitrogens with zero attached hydrogens (tertiary/aromatic N) is 3. The fourth-order valence-electron chi connectivity index (χ4n) is 2.73. The number of likely N-dealkylation sites (N-methyl/N-ethyl adjacent to an activating group) is 1. The maximum Gasteiger partial charge on any atom is 0.257 e. The fraction of sp³-hybridized carbons (Fsp3) is 0.389. The van der Waals surface area contributed by atoms with Crippen molar-refractivity contribution in [2.75, 3.05) is 25.0 Å². The highest BCUT2D eigenvalue weighted by molar-refractivity contribution is 5.93. The van der Waals surface area contributed by atoms with E-state index in [0.717, 1.165) is 25.1 Å². The molecule has 0 bridgehead atoms. The number of carbonyl (C=O) groups is 1. The van der Waals surface area contributed by atoms with Crippen molar-refractivity contribution in [1.82, 2.24) is 14.9 Å². The number of hydrogen-bond acceptors (Lipinski definition) is 5. The van der Waals surface area contributed by atoms with Gasteiger partial charge in [0.15, 0.2) is 0 Å². The molecule has 1 atom stereocenters. The lowest BCUT2D eigenvalue weighted by molar-refractivity contribution is 0.0538. The highest BCUT2D eigenvalue weighted by Gasteiger charge is 2.22. The Kier molecular flexibility index (Phi) is 5.38. The lowest BCUT2D eigenvalue weighted by atomic mass is 10.2. The molecule has 1 aliphatic rings. The third-order valence-electron chi connectivity index (χ3n) is 4.05. The Balaban J connectivity index is 1.63. The lowest BCUT2D eigenvalue weighted by Gasteiger charge is -2.23. The molecule has 0 radical (unpaired) electrons. The molecule has 1 aromatic heterocycles. The van der Waals surface area contributed by atoms with Gasteiger partial charge in [-0.3, -0.25) is 4.79 Å². The van der Waals surface area contributed by atoms with E-state index >= 15 is 0 Å². The number of rotatable bonds is 6. The van der Waals surface area contributed by atoms with E-state index in [0.29, 0.717) is 24.6 Å². The van der Waals surface area contributed by atoms with Crippen molar-refractivity contribution < 1.29 is 9.53 Å². The molecule has 1 amide bonds. The van der Waals surface area contributed by atoms with Gasteiger partial charge in [0, 0.05) is 37.8 Å². The summed E-state index contributed by atoms with van der Waals surface area (Å²) in [4.78, 5) is 22.9. The molecule has 0 unspecified atom stereocenters. The number of nitrogens with one attached hydrogen (secondary N) is 1. The van der Waals surface area contributed by atoms with Gasteiger partial charge in [-0.15, -0.1) is 0 Å². The number of hydrogen-bond donors (Lipinski definition) is 1. The zero-order valence-electron chi connectivity index (χ0n) is 13.8. The second-order valence-corrected chi connectivity index (χ2v) is 5.77. The van der Waals surface area contributed by atoms with Crippen LogP contribution >= 0.6 is 0 Å². The zero-order chi connectivity index (χ0) is 16.8. The van der Waals surface area contributed by atoms with Gasteiger partial charge in [-0.05, 0) is 31.9 Å². The highest BCUT2D eigenvalue weighted by atomic mass is 16.5. The van der Waals surface area contributed by atoms with Gasteiger partial charge in [0.05, 0.1) is 11.7 Å². The van der Waals surface area contributed by atoms with Gasteiger partial charge >= 0.3 is 0 Å². The smallest absolute Gasteiger partial charge is 0.257 e. The van der Waals surface area contributed by atoms with E-state index in [2.05, 4.69) is 15.3 Å². The minimum absolute atomic E-state index is 0.0562. The first-order valence-electron chi connectivity index (χ1n) is 8.31. The first-order chi connectivity index (χ1) is 11.8. The van der Waals surface area contributed by atoms with Crippen LogP contribution in [0.1, 0.15) is 30.1 Å². The summed E-state index contributed by atoms with van der Waals surface area (Å²) in [7, 11) is 0. The standard InChI is InChI=1S/C18H22N4O2/c1-2-22(13-16-9-6-10-24-16)17(23)14-11-19-18(20-12-14)21-15-7-4-3-5-8-15/h3-5,7-8,11-12,16H,2,6,9-10,13H2,1H3,(H,19,20,21)/t16-/m0/s1. The van der Waals surface area contributed by atoms with E-state index in [4.69, 9.17) is 4.74 Å². The van der Waals surface area contributed by atoms with E-state index in [1.54, 1.807) is 17.3 Å². The topological polar surface area (TPSA) is 67.3 Å². The van der Waals surface area contributed by atoms with Gasteiger partial charge in [-0.1, -0.05) is 18.2 Å². The first-order valence-corrected chi connectivity index (χ1v) is 8.31.